The van der Waals surface area contributed by atoms with E-state index in [1.54, 1.807) is 4.90 Å². The first-order chi connectivity index (χ1) is 8.50. The molecule has 0 atom stereocenters. The minimum absolute atomic E-state index is 0.00393. The normalized spacial score (nSPS) is 18.2. The minimum atomic E-state index is -0.00393. The molecule has 0 unspecified atom stereocenters. The maximum Gasteiger partial charge on any atom is 0.266 e. The van der Waals surface area contributed by atoms with Crippen LogP contribution >= 0.6 is 39.9 Å². The third-order valence-electron chi connectivity index (χ3n) is 2.53. The van der Waals surface area contributed by atoms with Crippen LogP contribution in [0.4, 0.5) is 0 Å². The maximum atomic E-state index is 12.2. The van der Waals surface area contributed by atoms with Crippen molar-refractivity contribution in [2.75, 3.05) is 0 Å². The zero-order valence-corrected chi connectivity index (χ0v) is 13.2. The van der Waals surface area contributed by atoms with Crippen molar-refractivity contribution >= 4 is 56.2 Å². The first-order valence-electron chi connectivity index (χ1n) is 5.52. The standard InChI is InChI=1S/C13H12BrNOS2/c1-8(2)15-12(16)11(18-13(15)17)7-9-5-3-4-6-10(9)14/h3-8H,1-2H3. The van der Waals surface area contributed by atoms with E-state index >= 15 is 0 Å². The maximum absolute atomic E-state index is 12.2. The van der Waals surface area contributed by atoms with Gasteiger partial charge in [-0.05, 0) is 31.6 Å². The summed E-state index contributed by atoms with van der Waals surface area (Å²) < 4.78 is 1.60. The average Bonchev–Trinajstić information content (AvgIpc) is 2.57. The Hall–Kier alpha value is -0.650. The lowest BCUT2D eigenvalue weighted by molar-refractivity contribution is -0.123. The van der Waals surface area contributed by atoms with Gasteiger partial charge in [0, 0.05) is 10.5 Å². The molecule has 0 spiro atoms. The van der Waals surface area contributed by atoms with Gasteiger partial charge in [0.1, 0.15) is 4.32 Å². The number of thioether (sulfide) groups is 1. The molecule has 1 saturated heterocycles. The number of nitrogens with zero attached hydrogens (tertiary/aromatic N) is 1. The average molecular weight is 342 g/mol. The highest BCUT2D eigenvalue weighted by Crippen LogP contribution is 2.34. The zero-order chi connectivity index (χ0) is 13.3. The summed E-state index contributed by atoms with van der Waals surface area (Å²) in [7, 11) is 0. The van der Waals surface area contributed by atoms with Crippen LogP contribution in [0.3, 0.4) is 0 Å². The molecule has 0 radical (unpaired) electrons. The lowest BCUT2D eigenvalue weighted by atomic mass is 10.2. The molecule has 1 aromatic carbocycles. The summed E-state index contributed by atoms with van der Waals surface area (Å²) >= 11 is 10.1. The molecule has 1 heterocycles. The van der Waals surface area contributed by atoms with E-state index in [-0.39, 0.29) is 11.9 Å². The van der Waals surface area contributed by atoms with Crippen molar-refractivity contribution in [3.63, 3.8) is 0 Å². The largest absolute Gasteiger partial charge is 0.290 e. The summed E-state index contributed by atoms with van der Waals surface area (Å²) in [6.45, 7) is 3.93. The number of amides is 1. The first kappa shape index (κ1) is 13.8. The highest BCUT2D eigenvalue weighted by atomic mass is 79.9. The van der Waals surface area contributed by atoms with Gasteiger partial charge in [-0.25, -0.2) is 0 Å². The quantitative estimate of drug-likeness (QED) is 0.597. The molecule has 0 saturated carbocycles. The zero-order valence-electron chi connectivity index (χ0n) is 10.0. The number of hydrogen-bond donors (Lipinski definition) is 0. The van der Waals surface area contributed by atoms with Crippen molar-refractivity contribution in [3.05, 3.63) is 39.2 Å². The summed E-state index contributed by atoms with van der Waals surface area (Å²) in [5.41, 5.74) is 0.988. The van der Waals surface area contributed by atoms with E-state index in [0.29, 0.717) is 9.23 Å². The van der Waals surface area contributed by atoms with Gasteiger partial charge in [0.2, 0.25) is 0 Å². The van der Waals surface area contributed by atoms with Gasteiger partial charge in [0.15, 0.2) is 0 Å². The van der Waals surface area contributed by atoms with Gasteiger partial charge in [0.25, 0.3) is 5.91 Å². The van der Waals surface area contributed by atoms with E-state index in [4.69, 9.17) is 12.2 Å². The van der Waals surface area contributed by atoms with Crippen molar-refractivity contribution in [1.82, 2.24) is 4.90 Å². The minimum Gasteiger partial charge on any atom is -0.290 e. The Morgan fingerprint density at radius 1 is 1.39 bits per heavy atom. The second-order valence-corrected chi connectivity index (χ2v) is 6.70. The molecule has 1 fully saturated rings. The molecule has 94 valence electrons. The predicted molar refractivity (Wildman–Crippen MR) is 84.3 cm³/mol. The Kier molecular flexibility index (Phi) is 4.25. The van der Waals surface area contributed by atoms with Crippen LogP contribution in [0.25, 0.3) is 6.08 Å². The van der Waals surface area contributed by atoms with E-state index in [1.807, 2.05) is 44.2 Å². The van der Waals surface area contributed by atoms with Gasteiger partial charge < -0.3 is 0 Å². The molecule has 1 amide bonds. The number of halogens is 1. The fourth-order valence-corrected chi connectivity index (χ4v) is 3.57. The fourth-order valence-electron chi connectivity index (χ4n) is 1.66. The summed E-state index contributed by atoms with van der Waals surface area (Å²) in [6, 6.07) is 7.91. The van der Waals surface area contributed by atoms with Crippen molar-refractivity contribution in [1.29, 1.82) is 0 Å². The summed E-state index contributed by atoms with van der Waals surface area (Å²) in [5, 5.41) is 0. The molecule has 1 aromatic rings. The smallest absolute Gasteiger partial charge is 0.266 e. The second-order valence-electron chi connectivity index (χ2n) is 4.17. The lowest BCUT2D eigenvalue weighted by Gasteiger charge is -2.18. The summed E-state index contributed by atoms with van der Waals surface area (Å²) in [6.07, 6.45) is 1.88. The van der Waals surface area contributed by atoms with Gasteiger partial charge in [-0.3, -0.25) is 9.69 Å². The molecule has 0 bridgehead atoms. The number of hydrogen-bond acceptors (Lipinski definition) is 3. The van der Waals surface area contributed by atoms with Crippen molar-refractivity contribution < 1.29 is 4.79 Å². The SMILES string of the molecule is CC(C)N1C(=O)C(=Cc2ccccc2Br)SC1=S. The van der Waals surface area contributed by atoms with Crippen LogP contribution in [0.1, 0.15) is 19.4 Å². The van der Waals surface area contributed by atoms with Crippen LogP contribution in [0, 0.1) is 0 Å². The highest BCUT2D eigenvalue weighted by molar-refractivity contribution is 9.10. The van der Waals surface area contributed by atoms with E-state index < -0.39 is 0 Å². The number of carbonyl (C=O) groups is 1. The Morgan fingerprint density at radius 2 is 2.06 bits per heavy atom. The molecule has 5 heteroatoms. The van der Waals surface area contributed by atoms with Crippen molar-refractivity contribution in [2.24, 2.45) is 0 Å². The molecular formula is C13H12BrNOS2. The van der Waals surface area contributed by atoms with E-state index in [2.05, 4.69) is 15.9 Å². The lowest BCUT2D eigenvalue weighted by Crippen LogP contribution is -2.34. The molecule has 0 aliphatic carbocycles. The van der Waals surface area contributed by atoms with Gasteiger partial charge in [-0.2, -0.15) is 0 Å². The van der Waals surface area contributed by atoms with Crippen LogP contribution in [-0.2, 0) is 4.79 Å². The predicted octanol–water partition coefficient (Wildman–Crippen LogP) is 4.06. The molecule has 1 aliphatic rings. The molecule has 0 N–H and O–H groups in total. The number of benzene rings is 1. The number of rotatable bonds is 2. The highest BCUT2D eigenvalue weighted by Gasteiger charge is 2.33. The molecule has 2 rings (SSSR count). The first-order valence-corrected chi connectivity index (χ1v) is 7.54. The number of thiocarbonyl (C=S) groups is 1. The Morgan fingerprint density at radius 3 is 2.61 bits per heavy atom. The Labute approximate surface area is 125 Å². The Balaban J connectivity index is 2.34. The fraction of sp³-hybridized carbons (Fsp3) is 0.231. The molecule has 2 nitrogen and oxygen atoms in total. The Bertz CT molecular complexity index is 540. The monoisotopic (exact) mass is 341 g/mol. The van der Waals surface area contributed by atoms with Crippen molar-refractivity contribution in [3.8, 4) is 0 Å². The summed E-state index contributed by atoms with van der Waals surface area (Å²) in [4.78, 5) is 14.5. The third-order valence-corrected chi connectivity index (χ3v) is 4.58. The molecule has 18 heavy (non-hydrogen) atoms. The van der Waals surface area contributed by atoms with Crippen LogP contribution < -0.4 is 0 Å². The third kappa shape index (κ3) is 2.68. The molecular weight excluding hydrogens is 330 g/mol. The van der Waals surface area contributed by atoms with Crippen LogP contribution in [-0.4, -0.2) is 21.2 Å². The van der Waals surface area contributed by atoms with Crippen LogP contribution in [0.5, 0.6) is 0 Å². The van der Waals surface area contributed by atoms with Gasteiger partial charge in [0.05, 0.1) is 4.91 Å². The van der Waals surface area contributed by atoms with E-state index in [1.165, 1.54) is 11.8 Å². The van der Waals surface area contributed by atoms with E-state index in [9.17, 15) is 4.79 Å². The van der Waals surface area contributed by atoms with Gasteiger partial charge in [-0.15, -0.1) is 0 Å². The van der Waals surface area contributed by atoms with E-state index in [0.717, 1.165) is 10.0 Å². The van der Waals surface area contributed by atoms with Crippen LogP contribution in [0.15, 0.2) is 33.6 Å². The number of carbonyl (C=O) groups excluding carboxylic acids is 1. The van der Waals surface area contributed by atoms with Crippen molar-refractivity contribution in [2.45, 2.75) is 19.9 Å². The second kappa shape index (κ2) is 5.55. The van der Waals surface area contributed by atoms with Crippen LogP contribution in [0.2, 0.25) is 0 Å². The molecule has 0 aromatic heterocycles. The van der Waals surface area contributed by atoms with Gasteiger partial charge in [-0.1, -0.05) is 58.1 Å². The molecule has 1 aliphatic heterocycles. The van der Waals surface area contributed by atoms with Gasteiger partial charge >= 0.3 is 0 Å². The summed E-state index contributed by atoms with van der Waals surface area (Å²) in [5.74, 6) is -0.00393. The topological polar surface area (TPSA) is 20.3 Å².